The van der Waals surface area contributed by atoms with E-state index < -0.39 is 17.9 Å². The van der Waals surface area contributed by atoms with E-state index in [1.807, 2.05) is 0 Å². The van der Waals surface area contributed by atoms with E-state index in [1.54, 1.807) is 0 Å². The van der Waals surface area contributed by atoms with Gasteiger partial charge in [-0.05, 0) is 37.5 Å². The Balaban J connectivity index is 2.33. The predicted molar refractivity (Wildman–Crippen MR) is 74.2 cm³/mol. The van der Waals surface area contributed by atoms with Crippen molar-refractivity contribution in [3.63, 3.8) is 0 Å². The molecule has 1 aliphatic carbocycles. The van der Waals surface area contributed by atoms with Crippen LogP contribution in [0.5, 0.6) is 0 Å². The quantitative estimate of drug-likeness (QED) is 0.636. The van der Waals surface area contributed by atoms with E-state index in [2.05, 4.69) is 6.58 Å². The monoisotopic (exact) mass is 284 g/mol. The van der Waals surface area contributed by atoms with Crippen LogP contribution in [0.4, 0.5) is 0 Å². The van der Waals surface area contributed by atoms with Crippen molar-refractivity contribution in [1.82, 2.24) is 0 Å². The van der Waals surface area contributed by atoms with Crippen LogP contribution in [-0.2, 0) is 14.3 Å². The maximum atomic E-state index is 11.2. The minimum absolute atomic E-state index is 0.0700. The van der Waals surface area contributed by atoms with Crippen LogP contribution in [0.2, 0.25) is 0 Å². The molecule has 0 saturated heterocycles. The van der Waals surface area contributed by atoms with Crippen LogP contribution in [0, 0.1) is 17.8 Å². The Hall–Kier alpha value is -1.52. The summed E-state index contributed by atoms with van der Waals surface area (Å²) in [5.74, 6) is -1.40. The van der Waals surface area contributed by atoms with Gasteiger partial charge in [0.05, 0.1) is 18.8 Å². The first-order valence-electron chi connectivity index (χ1n) is 7.20. The molecule has 1 rings (SSSR count). The van der Waals surface area contributed by atoms with Gasteiger partial charge in [-0.2, -0.15) is 0 Å². The van der Waals surface area contributed by atoms with Crippen LogP contribution in [0.3, 0.4) is 0 Å². The van der Waals surface area contributed by atoms with Crippen LogP contribution in [0.25, 0.3) is 0 Å². The Bertz CT molecular complexity index is 331. The zero-order valence-corrected chi connectivity index (χ0v) is 11.8. The second kappa shape index (κ2) is 8.61. The van der Waals surface area contributed by atoms with Gasteiger partial charge < -0.3 is 14.9 Å². The number of carboxylic acids is 2. The number of rotatable bonds is 9. The Labute approximate surface area is 119 Å². The van der Waals surface area contributed by atoms with E-state index in [1.165, 1.54) is 6.26 Å². The van der Waals surface area contributed by atoms with E-state index >= 15 is 0 Å². The summed E-state index contributed by atoms with van der Waals surface area (Å²) < 4.78 is 5.20. The molecule has 1 fully saturated rings. The topological polar surface area (TPSA) is 83.8 Å². The lowest BCUT2D eigenvalue weighted by molar-refractivity contribution is -0.143. The third kappa shape index (κ3) is 6.08. The molecule has 5 heteroatoms. The smallest absolute Gasteiger partial charge is 0.306 e. The number of carboxylic acid groups (broad SMARTS) is 2. The molecule has 0 aromatic carbocycles. The van der Waals surface area contributed by atoms with Gasteiger partial charge in [0.2, 0.25) is 0 Å². The van der Waals surface area contributed by atoms with Crippen molar-refractivity contribution in [3.05, 3.63) is 12.8 Å². The summed E-state index contributed by atoms with van der Waals surface area (Å²) in [4.78, 5) is 21.7. The lowest BCUT2D eigenvalue weighted by Gasteiger charge is -2.29. The maximum absolute atomic E-state index is 11.2. The molecule has 0 amide bonds. The van der Waals surface area contributed by atoms with Crippen LogP contribution < -0.4 is 0 Å². The summed E-state index contributed by atoms with van der Waals surface area (Å²) in [6.45, 7) is 4.21. The second-order valence-corrected chi connectivity index (χ2v) is 5.59. The molecular weight excluding hydrogens is 260 g/mol. The average Bonchev–Trinajstić information content (AvgIpc) is 2.42. The number of hydrogen-bond acceptors (Lipinski definition) is 3. The first-order chi connectivity index (χ1) is 9.52. The van der Waals surface area contributed by atoms with Gasteiger partial charge >= 0.3 is 11.9 Å². The molecule has 114 valence electrons. The van der Waals surface area contributed by atoms with Crippen molar-refractivity contribution >= 4 is 11.9 Å². The lowest BCUT2D eigenvalue weighted by atomic mass is 9.77. The fraction of sp³-hybridized carbons (Fsp3) is 0.733. The van der Waals surface area contributed by atoms with Gasteiger partial charge in [-0.3, -0.25) is 9.59 Å². The van der Waals surface area contributed by atoms with Crippen molar-refractivity contribution in [1.29, 1.82) is 0 Å². The first-order valence-corrected chi connectivity index (χ1v) is 7.20. The van der Waals surface area contributed by atoms with Crippen LogP contribution >= 0.6 is 0 Å². The molecule has 0 spiro atoms. The molecule has 0 radical (unpaired) electrons. The number of carbonyl (C=O) groups is 2. The van der Waals surface area contributed by atoms with Gasteiger partial charge in [-0.25, -0.2) is 0 Å². The Morgan fingerprint density at radius 2 is 1.80 bits per heavy atom. The first kappa shape index (κ1) is 16.5. The highest BCUT2D eigenvalue weighted by Gasteiger charge is 2.27. The number of ether oxygens (including phenoxy) is 1. The molecule has 0 aliphatic heterocycles. The molecular formula is C15H24O5. The molecule has 0 heterocycles. The number of hydrogen-bond donors (Lipinski definition) is 2. The highest BCUT2D eigenvalue weighted by molar-refractivity contribution is 5.72. The summed E-state index contributed by atoms with van der Waals surface area (Å²) in [5, 5.41) is 17.8. The van der Waals surface area contributed by atoms with E-state index in [4.69, 9.17) is 14.9 Å². The fourth-order valence-corrected chi connectivity index (χ4v) is 2.88. The normalized spacial score (nSPS) is 23.8. The standard InChI is InChI=1S/C15H24O5/c1-2-20-10-12-5-3-11(4-6-12)9-13(15(18)19)7-8-14(16)17/h2,11-13H,1,3-10H2,(H,16,17)(H,18,19). The predicted octanol–water partition coefficient (Wildman–Crippen LogP) is 2.91. The minimum atomic E-state index is -0.929. The van der Waals surface area contributed by atoms with Crippen LogP contribution in [0.1, 0.15) is 44.9 Å². The summed E-state index contributed by atoms with van der Waals surface area (Å²) in [6, 6.07) is 0. The molecule has 0 aromatic rings. The van der Waals surface area contributed by atoms with Gasteiger partial charge in [0.1, 0.15) is 0 Å². The van der Waals surface area contributed by atoms with Crippen molar-refractivity contribution in [2.75, 3.05) is 6.61 Å². The highest BCUT2D eigenvalue weighted by atomic mass is 16.5. The molecule has 1 saturated carbocycles. The molecule has 5 nitrogen and oxygen atoms in total. The van der Waals surface area contributed by atoms with Crippen molar-refractivity contribution in [2.24, 2.45) is 17.8 Å². The molecule has 0 bridgehead atoms. The molecule has 1 unspecified atom stereocenters. The largest absolute Gasteiger partial charge is 0.502 e. The van der Waals surface area contributed by atoms with Gasteiger partial charge in [0.15, 0.2) is 0 Å². The second-order valence-electron chi connectivity index (χ2n) is 5.59. The summed E-state index contributed by atoms with van der Waals surface area (Å²) in [7, 11) is 0. The van der Waals surface area contributed by atoms with E-state index in [-0.39, 0.29) is 12.8 Å². The summed E-state index contributed by atoms with van der Waals surface area (Å²) >= 11 is 0. The zero-order valence-electron chi connectivity index (χ0n) is 11.8. The minimum Gasteiger partial charge on any atom is -0.502 e. The highest BCUT2D eigenvalue weighted by Crippen LogP contribution is 2.34. The molecule has 0 aromatic heterocycles. The SMILES string of the molecule is C=COCC1CCC(CC(CCC(=O)O)C(=O)O)CC1. The summed E-state index contributed by atoms with van der Waals surface area (Å²) in [5.41, 5.74) is 0. The average molecular weight is 284 g/mol. The molecule has 1 aliphatic rings. The van der Waals surface area contributed by atoms with E-state index in [0.717, 1.165) is 25.7 Å². The Kier molecular flexibility index (Phi) is 7.12. The van der Waals surface area contributed by atoms with Gasteiger partial charge in [-0.1, -0.05) is 19.4 Å². The third-order valence-electron chi connectivity index (χ3n) is 4.09. The molecule has 20 heavy (non-hydrogen) atoms. The fourth-order valence-electron chi connectivity index (χ4n) is 2.88. The maximum Gasteiger partial charge on any atom is 0.306 e. The zero-order chi connectivity index (χ0) is 15.0. The van der Waals surface area contributed by atoms with E-state index in [0.29, 0.717) is 24.9 Å². The van der Waals surface area contributed by atoms with Crippen molar-refractivity contribution < 1.29 is 24.5 Å². The lowest BCUT2D eigenvalue weighted by Crippen LogP contribution is -2.23. The Morgan fingerprint density at radius 1 is 1.20 bits per heavy atom. The van der Waals surface area contributed by atoms with Crippen molar-refractivity contribution in [2.45, 2.75) is 44.9 Å². The van der Waals surface area contributed by atoms with Gasteiger partial charge in [0.25, 0.3) is 0 Å². The van der Waals surface area contributed by atoms with Crippen LogP contribution in [-0.4, -0.2) is 28.8 Å². The van der Waals surface area contributed by atoms with E-state index in [9.17, 15) is 9.59 Å². The number of aliphatic carboxylic acids is 2. The van der Waals surface area contributed by atoms with Crippen molar-refractivity contribution in [3.8, 4) is 0 Å². The van der Waals surface area contributed by atoms with Crippen LogP contribution in [0.15, 0.2) is 12.8 Å². The van der Waals surface area contributed by atoms with Gasteiger partial charge in [0, 0.05) is 6.42 Å². The Morgan fingerprint density at radius 3 is 2.30 bits per heavy atom. The van der Waals surface area contributed by atoms with Gasteiger partial charge in [-0.15, -0.1) is 0 Å². The summed E-state index contributed by atoms with van der Waals surface area (Å²) in [6.07, 6.45) is 6.30. The molecule has 2 N–H and O–H groups in total. The third-order valence-corrected chi connectivity index (χ3v) is 4.09. The molecule has 1 atom stereocenters.